The molecule has 138 valence electrons. The van der Waals surface area contributed by atoms with Gasteiger partial charge in [0.2, 0.25) is 5.91 Å². The summed E-state index contributed by atoms with van der Waals surface area (Å²) in [6, 6.07) is 9.74. The van der Waals surface area contributed by atoms with Crippen LogP contribution in [0.2, 0.25) is 0 Å². The first kappa shape index (κ1) is 18.1. The monoisotopic (exact) mass is 356 g/mol. The number of amides is 1. The average molecular weight is 356 g/mol. The summed E-state index contributed by atoms with van der Waals surface area (Å²) in [5.41, 5.74) is 2.84. The molecule has 1 saturated heterocycles. The molecular formula is C19H24N4O3. The predicted molar refractivity (Wildman–Crippen MR) is 98.5 cm³/mol. The van der Waals surface area contributed by atoms with E-state index in [0.29, 0.717) is 18.8 Å². The van der Waals surface area contributed by atoms with Gasteiger partial charge in [0.05, 0.1) is 23.8 Å². The van der Waals surface area contributed by atoms with Crippen LogP contribution < -0.4 is 5.32 Å². The Hall–Kier alpha value is -2.67. The Bertz CT molecular complexity index is 798. The minimum absolute atomic E-state index is 0.163. The lowest BCUT2D eigenvalue weighted by molar-refractivity contribution is -0.144. The van der Waals surface area contributed by atoms with Crippen LogP contribution in [0.15, 0.2) is 30.3 Å². The molecule has 1 amide bonds. The van der Waals surface area contributed by atoms with Crippen molar-refractivity contribution < 1.29 is 14.7 Å². The van der Waals surface area contributed by atoms with E-state index < -0.39 is 11.9 Å². The summed E-state index contributed by atoms with van der Waals surface area (Å²) in [5, 5.41) is 16.5. The van der Waals surface area contributed by atoms with Crippen LogP contribution in [0, 0.1) is 19.8 Å². The Balaban J connectivity index is 1.68. The van der Waals surface area contributed by atoms with Crippen LogP contribution in [0.5, 0.6) is 0 Å². The van der Waals surface area contributed by atoms with Gasteiger partial charge in [0.15, 0.2) is 0 Å². The molecule has 3 rings (SSSR count). The topological polar surface area (TPSA) is 87.5 Å². The van der Waals surface area contributed by atoms with Crippen molar-refractivity contribution in [3.05, 3.63) is 41.6 Å². The number of rotatable bonds is 5. The minimum Gasteiger partial charge on any atom is -0.481 e. The Labute approximate surface area is 152 Å². The number of nitrogens with zero attached hydrogens (tertiary/aromatic N) is 3. The van der Waals surface area contributed by atoms with Crippen LogP contribution >= 0.6 is 0 Å². The molecule has 1 aromatic heterocycles. The van der Waals surface area contributed by atoms with E-state index in [1.807, 2.05) is 49.1 Å². The van der Waals surface area contributed by atoms with Crippen LogP contribution in [-0.4, -0.2) is 51.3 Å². The Morgan fingerprint density at radius 3 is 2.69 bits per heavy atom. The molecule has 1 atom stereocenters. The lowest BCUT2D eigenvalue weighted by Gasteiger charge is -2.29. The highest BCUT2D eigenvalue weighted by atomic mass is 16.4. The van der Waals surface area contributed by atoms with Gasteiger partial charge in [-0.2, -0.15) is 5.10 Å². The number of aliphatic carboxylic acids is 1. The van der Waals surface area contributed by atoms with Crippen molar-refractivity contribution in [1.29, 1.82) is 0 Å². The standard InChI is InChI=1S/C19H24N4O3/c1-13-5-7-16(8-6-13)23-17(10-14(2)21-23)20-18(24)12-22-9-3-4-15(11-22)19(25)26/h5-8,10,15H,3-4,9,11-12H2,1-2H3,(H,20,24)(H,25,26). The smallest absolute Gasteiger partial charge is 0.307 e. The number of hydrogen-bond acceptors (Lipinski definition) is 4. The number of aromatic nitrogens is 2. The van der Waals surface area contributed by atoms with Crippen molar-refractivity contribution in [1.82, 2.24) is 14.7 Å². The third kappa shape index (κ3) is 4.29. The number of hydrogen-bond donors (Lipinski definition) is 2. The van der Waals surface area contributed by atoms with Gasteiger partial charge < -0.3 is 10.4 Å². The zero-order chi connectivity index (χ0) is 18.7. The molecule has 0 aliphatic carbocycles. The molecule has 2 heterocycles. The normalized spacial score (nSPS) is 17.8. The van der Waals surface area contributed by atoms with Crippen molar-refractivity contribution in [3.8, 4) is 5.69 Å². The van der Waals surface area contributed by atoms with Crippen molar-refractivity contribution in [2.24, 2.45) is 5.92 Å². The molecule has 1 aromatic carbocycles. The van der Waals surface area contributed by atoms with E-state index in [4.69, 9.17) is 0 Å². The van der Waals surface area contributed by atoms with Crippen LogP contribution in [0.3, 0.4) is 0 Å². The van der Waals surface area contributed by atoms with Crippen molar-refractivity contribution in [3.63, 3.8) is 0 Å². The van der Waals surface area contributed by atoms with Gasteiger partial charge >= 0.3 is 5.97 Å². The van der Waals surface area contributed by atoms with Crippen LogP contribution in [0.1, 0.15) is 24.1 Å². The number of piperidine rings is 1. The summed E-state index contributed by atoms with van der Waals surface area (Å²) in [5.74, 6) is -0.729. The molecule has 0 saturated carbocycles. The fraction of sp³-hybridized carbons (Fsp3) is 0.421. The molecular weight excluding hydrogens is 332 g/mol. The van der Waals surface area contributed by atoms with Gasteiger partial charge in [0, 0.05) is 12.6 Å². The van der Waals surface area contributed by atoms with Gasteiger partial charge in [-0.25, -0.2) is 4.68 Å². The van der Waals surface area contributed by atoms with E-state index in [2.05, 4.69) is 10.4 Å². The summed E-state index contributed by atoms with van der Waals surface area (Å²) in [7, 11) is 0. The van der Waals surface area contributed by atoms with E-state index >= 15 is 0 Å². The number of likely N-dealkylation sites (tertiary alicyclic amines) is 1. The number of nitrogens with one attached hydrogen (secondary N) is 1. The molecule has 1 aliphatic rings. The first-order valence-electron chi connectivity index (χ1n) is 8.81. The molecule has 0 radical (unpaired) electrons. The second-order valence-corrected chi connectivity index (χ2v) is 6.88. The SMILES string of the molecule is Cc1ccc(-n2nc(C)cc2NC(=O)CN2CCCC(C(=O)O)C2)cc1. The Morgan fingerprint density at radius 1 is 1.27 bits per heavy atom. The third-order valence-electron chi connectivity index (χ3n) is 4.60. The summed E-state index contributed by atoms with van der Waals surface area (Å²) >= 11 is 0. The summed E-state index contributed by atoms with van der Waals surface area (Å²) in [4.78, 5) is 25.5. The fourth-order valence-electron chi connectivity index (χ4n) is 3.26. The van der Waals surface area contributed by atoms with Gasteiger partial charge in [-0.1, -0.05) is 17.7 Å². The first-order valence-corrected chi connectivity index (χ1v) is 8.81. The van der Waals surface area contributed by atoms with E-state index in [9.17, 15) is 14.7 Å². The highest BCUT2D eigenvalue weighted by Crippen LogP contribution is 2.19. The second-order valence-electron chi connectivity index (χ2n) is 6.88. The number of benzene rings is 1. The zero-order valence-electron chi connectivity index (χ0n) is 15.1. The number of carboxylic acids is 1. The maximum Gasteiger partial charge on any atom is 0.307 e. The number of carbonyl (C=O) groups excluding carboxylic acids is 1. The fourth-order valence-corrected chi connectivity index (χ4v) is 3.26. The maximum absolute atomic E-state index is 12.5. The van der Waals surface area contributed by atoms with Crippen molar-refractivity contribution in [2.75, 3.05) is 25.0 Å². The number of anilines is 1. The molecule has 0 spiro atoms. The molecule has 1 fully saturated rings. The van der Waals surface area contributed by atoms with Gasteiger partial charge in [-0.3, -0.25) is 14.5 Å². The second kappa shape index (κ2) is 7.70. The minimum atomic E-state index is -0.789. The average Bonchev–Trinajstić information content (AvgIpc) is 2.95. The quantitative estimate of drug-likeness (QED) is 0.858. The Morgan fingerprint density at radius 2 is 2.00 bits per heavy atom. The van der Waals surface area contributed by atoms with Gasteiger partial charge in [0.1, 0.15) is 5.82 Å². The van der Waals surface area contributed by atoms with Crippen LogP contribution in [-0.2, 0) is 9.59 Å². The molecule has 7 heteroatoms. The third-order valence-corrected chi connectivity index (χ3v) is 4.60. The van der Waals surface area contributed by atoms with Gasteiger partial charge in [0.25, 0.3) is 0 Å². The van der Waals surface area contributed by atoms with E-state index in [1.165, 1.54) is 0 Å². The molecule has 2 aromatic rings. The number of carbonyl (C=O) groups is 2. The van der Waals surface area contributed by atoms with Gasteiger partial charge in [-0.15, -0.1) is 0 Å². The lowest BCUT2D eigenvalue weighted by atomic mass is 9.98. The number of aryl methyl sites for hydroxylation is 2. The molecule has 0 bridgehead atoms. The highest BCUT2D eigenvalue weighted by Gasteiger charge is 2.26. The van der Waals surface area contributed by atoms with Crippen molar-refractivity contribution in [2.45, 2.75) is 26.7 Å². The van der Waals surface area contributed by atoms with Crippen LogP contribution in [0.4, 0.5) is 5.82 Å². The maximum atomic E-state index is 12.5. The number of carboxylic acid groups (broad SMARTS) is 1. The van der Waals surface area contributed by atoms with Crippen LogP contribution in [0.25, 0.3) is 5.69 Å². The summed E-state index contributed by atoms with van der Waals surface area (Å²) in [6.07, 6.45) is 1.47. The van der Waals surface area contributed by atoms with Crippen molar-refractivity contribution >= 4 is 17.7 Å². The predicted octanol–water partition coefficient (Wildman–Crippen LogP) is 2.22. The van der Waals surface area contributed by atoms with E-state index in [0.717, 1.165) is 29.9 Å². The first-order chi connectivity index (χ1) is 12.4. The largest absolute Gasteiger partial charge is 0.481 e. The highest BCUT2D eigenvalue weighted by molar-refractivity contribution is 5.91. The molecule has 2 N–H and O–H groups in total. The zero-order valence-corrected chi connectivity index (χ0v) is 15.1. The van der Waals surface area contributed by atoms with E-state index in [-0.39, 0.29) is 12.5 Å². The Kier molecular flexibility index (Phi) is 5.37. The summed E-state index contributed by atoms with van der Waals surface area (Å²) in [6.45, 7) is 5.24. The van der Waals surface area contributed by atoms with E-state index in [1.54, 1.807) is 4.68 Å². The molecule has 7 nitrogen and oxygen atoms in total. The molecule has 1 aliphatic heterocycles. The molecule has 1 unspecified atom stereocenters. The molecule has 26 heavy (non-hydrogen) atoms. The lowest BCUT2D eigenvalue weighted by Crippen LogP contribution is -2.42. The summed E-state index contributed by atoms with van der Waals surface area (Å²) < 4.78 is 1.71. The van der Waals surface area contributed by atoms with Gasteiger partial charge in [-0.05, 0) is 45.4 Å².